The van der Waals surface area contributed by atoms with Gasteiger partial charge >= 0.3 is 0 Å². The predicted octanol–water partition coefficient (Wildman–Crippen LogP) is 0.970. The fourth-order valence-electron chi connectivity index (χ4n) is 1.51. The van der Waals surface area contributed by atoms with Gasteiger partial charge in [0.25, 0.3) is 0 Å². The Balaban J connectivity index is 2.90. The molecule has 0 heterocycles. The van der Waals surface area contributed by atoms with Crippen LogP contribution in [0.15, 0.2) is 22.7 Å². The van der Waals surface area contributed by atoms with Crippen molar-refractivity contribution in [2.24, 2.45) is 5.84 Å². The molecule has 1 atom stereocenters. The van der Waals surface area contributed by atoms with Crippen LogP contribution in [0.3, 0.4) is 0 Å². The lowest BCUT2D eigenvalue weighted by molar-refractivity contribution is 0.532. The smallest absolute Gasteiger partial charge is 0.147 e. The molecule has 0 amide bonds. The Morgan fingerprint density at radius 2 is 2.12 bits per heavy atom. The second-order valence-corrected chi connectivity index (χ2v) is 7.09. The average molecular weight is 322 g/mol. The van der Waals surface area contributed by atoms with Gasteiger partial charge in [0.05, 0.1) is 5.75 Å². The van der Waals surface area contributed by atoms with E-state index >= 15 is 0 Å². The summed E-state index contributed by atoms with van der Waals surface area (Å²) in [7, 11) is -3.01. The molecular formula is C10H16BrN3O2S. The molecule has 0 aliphatic heterocycles. The van der Waals surface area contributed by atoms with Gasteiger partial charge in [-0.1, -0.05) is 15.9 Å². The highest BCUT2D eigenvalue weighted by Crippen LogP contribution is 2.26. The predicted molar refractivity (Wildman–Crippen MR) is 72.9 cm³/mol. The Hall–Kier alpha value is -0.630. The molecule has 7 heteroatoms. The Morgan fingerprint density at radius 3 is 2.65 bits per heavy atom. The van der Waals surface area contributed by atoms with Crippen molar-refractivity contribution in [3.63, 3.8) is 0 Å². The van der Waals surface area contributed by atoms with E-state index < -0.39 is 9.84 Å². The lowest BCUT2D eigenvalue weighted by Gasteiger charge is -2.18. The number of hydrogen-bond acceptors (Lipinski definition) is 5. The molecule has 0 aliphatic rings. The average Bonchev–Trinajstić information content (AvgIpc) is 2.22. The SMILES string of the molecule is CS(=O)(=O)CCC(NN)c1cc(Br)ccc1N. The van der Waals surface area contributed by atoms with Gasteiger partial charge in [-0.25, -0.2) is 8.42 Å². The first-order chi connectivity index (χ1) is 7.83. The van der Waals surface area contributed by atoms with Crippen LogP contribution in [-0.4, -0.2) is 20.4 Å². The van der Waals surface area contributed by atoms with E-state index in [0.717, 1.165) is 10.0 Å². The highest BCUT2D eigenvalue weighted by molar-refractivity contribution is 9.10. The van der Waals surface area contributed by atoms with Crippen LogP contribution in [0.4, 0.5) is 5.69 Å². The Kier molecular flexibility index (Phi) is 4.93. The van der Waals surface area contributed by atoms with Crippen molar-refractivity contribution >= 4 is 31.5 Å². The summed E-state index contributed by atoms with van der Waals surface area (Å²) in [6.45, 7) is 0. The maximum Gasteiger partial charge on any atom is 0.147 e. The van der Waals surface area contributed by atoms with Crippen LogP contribution in [0.5, 0.6) is 0 Å². The van der Waals surface area contributed by atoms with Crippen LogP contribution >= 0.6 is 15.9 Å². The first-order valence-electron chi connectivity index (χ1n) is 5.02. The third kappa shape index (κ3) is 4.63. The molecule has 0 fully saturated rings. The van der Waals surface area contributed by atoms with Crippen molar-refractivity contribution < 1.29 is 8.42 Å². The number of nitrogens with two attached hydrogens (primary N) is 2. The van der Waals surface area contributed by atoms with Crippen LogP contribution in [0.1, 0.15) is 18.0 Å². The molecule has 17 heavy (non-hydrogen) atoms. The minimum Gasteiger partial charge on any atom is -0.398 e. The Labute approximate surface area is 110 Å². The highest BCUT2D eigenvalue weighted by atomic mass is 79.9. The molecule has 1 aromatic carbocycles. The standard InChI is InChI=1S/C10H16BrN3O2S/c1-17(15,16)5-4-10(14-13)8-6-7(11)2-3-9(8)12/h2-3,6,10,14H,4-5,12-13H2,1H3. The van der Waals surface area contributed by atoms with Gasteiger partial charge in [-0.2, -0.15) is 0 Å². The van der Waals surface area contributed by atoms with Gasteiger partial charge in [-0.05, 0) is 30.2 Å². The van der Waals surface area contributed by atoms with Crippen LogP contribution < -0.4 is 17.0 Å². The van der Waals surface area contributed by atoms with Crippen molar-refractivity contribution in [2.75, 3.05) is 17.7 Å². The molecular weight excluding hydrogens is 306 g/mol. The van der Waals surface area contributed by atoms with Crippen LogP contribution in [0.25, 0.3) is 0 Å². The van der Waals surface area contributed by atoms with Gasteiger partial charge in [-0.3, -0.25) is 11.3 Å². The molecule has 1 unspecified atom stereocenters. The zero-order valence-corrected chi connectivity index (χ0v) is 11.9. The van der Waals surface area contributed by atoms with Gasteiger partial charge in [0.15, 0.2) is 0 Å². The van der Waals surface area contributed by atoms with E-state index in [4.69, 9.17) is 11.6 Å². The molecule has 0 bridgehead atoms. The van der Waals surface area contributed by atoms with Crippen molar-refractivity contribution in [1.29, 1.82) is 0 Å². The van der Waals surface area contributed by atoms with Gasteiger partial charge in [0, 0.05) is 22.5 Å². The monoisotopic (exact) mass is 321 g/mol. The molecule has 0 aliphatic carbocycles. The summed E-state index contributed by atoms with van der Waals surface area (Å²) in [4.78, 5) is 0. The van der Waals surface area contributed by atoms with E-state index in [0.29, 0.717) is 12.1 Å². The van der Waals surface area contributed by atoms with Gasteiger partial charge < -0.3 is 5.73 Å². The van der Waals surface area contributed by atoms with Gasteiger partial charge in [0.1, 0.15) is 9.84 Å². The fraction of sp³-hybridized carbons (Fsp3) is 0.400. The van der Waals surface area contributed by atoms with E-state index in [1.54, 1.807) is 6.07 Å². The quantitative estimate of drug-likeness (QED) is 0.426. The first kappa shape index (κ1) is 14.4. The van der Waals surface area contributed by atoms with Crippen molar-refractivity contribution in [3.05, 3.63) is 28.2 Å². The van der Waals surface area contributed by atoms with Crippen LogP contribution in [0.2, 0.25) is 0 Å². The first-order valence-corrected chi connectivity index (χ1v) is 7.87. The van der Waals surface area contributed by atoms with Crippen molar-refractivity contribution in [1.82, 2.24) is 5.43 Å². The minimum absolute atomic E-state index is 0.0633. The van der Waals surface area contributed by atoms with Crippen LogP contribution in [-0.2, 0) is 9.84 Å². The summed E-state index contributed by atoms with van der Waals surface area (Å²) in [5.41, 5.74) is 9.82. The molecule has 96 valence electrons. The molecule has 5 nitrogen and oxygen atoms in total. The zero-order valence-electron chi connectivity index (χ0n) is 9.48. The molecule has 0 saturated carbocycles. The summed E-state index contributed by atoms with van der Waals surface area (Å²) in [5, 5.41) is 0. The lowest BCUT2D eigenvalue weighted by Crippen LogP contribution is -2.30. The minimum atomic E-state index is -3.01. The molecule has 1 rings (SSSR count). The maximum absolute atomic E-state index is 11.1. The Bertz CT molecular complexity index is 490. The Morgan fingerprint density at radius 1 is 1.47 bits per heavy atom. The van der Waals surface area contributed by atoms with E-state index in [1.165, 1.54) is 6.26 Å². The van der Waals surface area contributed by atoms with Gasteiger partial charge in [0.2, 0.25) is 0 Å². The fourth-order valence-corrected chi connectivity index (χ4v) is 2.55. The van der Waals surface area contributed by atoms with E-state index in [2.05, 4.69) is 21.4 Å². The zero-order chi connectivity index (χ0) is 13.1. The maximum atomic E-state index is 11.1. The number of sulfone groups is 1. The summed E-state index contributed by atoms with van der Waals surface area (Å²) in [6.07, 6.45) is 1.58. The molecule has 0 saturated heterocycles. The van der Waals surface area contributed by atoms with E-state index in [9.17, 15) is 8.42 Å². The van der Waals surface area contributed by atoms with Gasteiger partial charge in [-0.15, -0.1) is 0 Å². The summed E-state index contributed by atoms with van der Waals surface area (Å²) < 4.78 is 23.1. The molecule has 0 aromatic heterocycles. The van der Waals surface area contributed by atoms with Crippen molar-refractivity contribution in [3.8, 4) is 0 Å². The summed E-state index contributed by atoms with van der Waals surface area (Å²) in [6, 6.07) is 5.14. The van der Waals surface area contributed by atoms with E-state index in [-0.39, 0.29) is 11.8 Å². The third-order valence-electron chi connectivity index (χ3n) is 2.40. The molecule has 1 aromatic rings. The third-order valence-corrected chi connectivity index (χ3v) is 3.87. The summed E-state index contributed by atoms with van der Waals surface area (Å²) >= 11 is 3.34. The second-order valence-electron chi connectivity index (χ2n) is 3.91. The second kappa shape index (κ2) is 5.81. The molecule has 0 radical (unpaired) electrons. The normalized spacial score (nSPS) is 13.6. The molecule has 5 N–H and O–H groups in total. The highest BCUT2D eigenvalue weighted by Gasteiger charge is 2.15. The largest absolute Gasteiger partial charge is 0.398 e. The lowest BCUT2D eigenvalue weighted by atomic mass is 10.0. The number of nitrogen functional groups attached to an aromatic ring is 1. The number of halogens is 1. The van der Waals surface area contributed by atoms with Crippen LogP contribution in [0, 0.1) is 0 Å². The van der Waals surface area contributed by atoms with E-state index in [1.807, 2.05) is 12.1 Å². The number of benzene rings is 1. The number of anilines is 1. The number of hydrogen-bond donors (Lipinski definition) is 3. The molecule has 0 spiro atoms. The number of hydrazine groups is 1. The van der Waals surface area contributed by atoms with Crippen molar-refractivity contribution in [2.45, 2.75) is 12.5 Å². The number of nitrogens with one attached hydrogen (secondary N) is 1. The number of rotatable bonds is 5. The topological polar surface area (TPSA) is 98.2 Å². The summed E-state index contributed by atoms with van der Waals surface area (Å²) in [5.74, 6) is 5.50.